The van der Waals surface area contributed by atoms with Gasteiger partial charge in [0.05, 0.1) is 0 Å². The Morgan fingerprint density at radius 3 is 2.27 bits per heavy atom. The Morgan fingerprint density at radius 2 is 1.64 bits per heavy atom. The van der Waals surface area contributed by atoms with E-state index in [4.69, 9.17) is 5.84 Å². The van der Waals surface area contributed by atoms with Crippen LogP contribution in [0, 0.1) is 0 Å². The minimum absolute atomic E-state index is 0.455. The van der Waals surface area contributed by atoms with E-state index in [0.717, 1.165) is 6.54 Å². The molecule has 1 aliphatic heterocycles. The predicted molar refractivity (Wildman–Crippen MR) is 45.9 cm³/mol. The van der Waals surface area contributed by atoms with Crippen molar-refractivity contribution in [3.63, 3.8) is 0 Å². The molecule has 1 saturated heterocycles. The Hall–Kier alpha value is -0.0800. The number of nitrogens with two attached hydrogens (primary N) is 1. The van der Waals surface area contributed by atoms with Gasteiger partial charge in [0, 0.05) is 12.1 Å². The zero-order valence-corrected chi connectivity index (χ0v) is 7.18. The van der Waals surface area contributed by atoms with Crippen LogP contribution in [0.3, 0.4) is 0 Å². The smallest absolute Gasteiger partial charge is 0.0351 e. The van der Waals surface area contributed by atoms with Crippen molar-refractivity contribution in [1.82, 2.24) is 5.01 Å². The molecule has 0 radical (unpaired) electrons. The molecule has 0 atom stereocenters. The maximum atomic E-state index is 6.01. The number of hydrogen-bond donors (Lipinski definition) is 1. The fourth-order valence-electron chi connectivity index (χ4n) is 2.42. The predicted octanol–water partition coefficient (Wildman–Crippen LogP) is 1.66. The Labute approximate surface area is 68.7 Å². The summed E-state index contributed by atoms with van der Waals surface area (Å²) in [5, 5.41) is 2.13. The molecule has 2 aliphatic rings. The first-order valence-electron chi connectivity index (χ1n) is 4.86. The third kappa shape index (κ3) is 1.18. The van der Waals surface area contributed by atoms with Crippen LogP contribution in [0.5, 0.6) is 0 Å². The number of nitrogens with zero attached hydrogens (tertiary/aromatic N) is 1. The molecule has 2 heteroatoms. The standard InChI is InChI=1S/C9H18N2/c10-11-8-3-1-2-5-9(11)6-4-7-9/h1-8,10H2. The van der Waals surface area contributed by atoms with Crippen LogP contribution in [0.1, 0.15) is 44.9 Å². The van der Waals surface area contributed by atoms with Gasteiger partial charge in [0.2, 0.25) is 0 Å². The van der Waals surface area contributed by atoms with E-state index in [1.807, 2.05) is 0 Å². The lowest BCUT2D eigenvalue weighted by Gasteiger charge is -2.47. The van der Waals surface area contributed by atoms with E-state index in [1.165, 1.54) is 44.9 Å². The van der Waals surface area contributed by atoms with Gasteiger partial charge in [-0.15, -0.1) is 0 Å². The molecule has 2 fully saturated rings. The van der Waals surface area contributed by atoms with Crippen LogP contribution in [0.2, 0.25) is 0 Å². The second-order valence-corrected chi connectivity index (χ2v) is 4.08. The summed E-state index contributed by atoms with van der Waals surface area (Å²) < 4.78 is 0. The largest absolute Gasteiger partial charge is 0.268 e. The van der Waals surface area contributed by atoms with Crippen LogP contribution >= 0.6 is 0 Å². The van der Waals surface area contributed by atoms with Crippen molar-refractivity contribution >= 4 is 0 Å². The number of hydrogen-bond acceptors (Lipinski definition) is 2. The Balaban J connectivity index is 2.03. The average Bonchev–Trinajstić information content (AvgIpc) is 2.09. The highest BCUT2D eigenvalue weighted by Crippen LogP contribution is 2.41. The van der Waals surface area contributed by atoms with Gasteiger partial charge in [-0.25, -0.2) is 5.01 Å². The molecule has 1 spiro atoms. The van der Waals surface area contributed by atoms with Gasteiger partial charge in [0.15, 0.2) is 0 Å². The molecule has 0 aromatic carbocycles. The van der Waals surface area contributed by atoms with Gasteiger partial charge in [-0.3, -0.25) is 5.84 Å². The molecule has 2 N–H and O–H groups in total. The van der Waals surface area contributed by atoms with Crippen LogP contribution < -0.4 is 5.84 Å². The van der Waals surface area contributed by atoms with Crippen LogP contribution in [-0.2, 0) is 0 Å². The van der Waals surface area contributed by atoms with Gasteiger partial charge in [-0.2, -0.15) is 0 Å². The SMILES string of the molecule is NN1CCCCCC12CCC2. The van der Waals surface area contributed by atoms with Gasteiger partial charge < -0.3 is 0 Å². The molecule has 0 unspecified atom stereocenters. The topological polar surface area (TPSA) is 29.3 Å². The molecule has 0 aromatic rings. The first-order chi connectivity index (χ1) is 5.33. The molecule has 0 aromatic heterocycles. The first-order valence-corrected chi connectivity index (χ1v) is 4.86. The van der Waals surface area contributed by atoms with Crippen molar-refractivity contribution in [3.8, 4) is 0 Å². The number of hydrazine groups is 1. The summed E-state index contributed by atoms with van der Waals surface area (Å²) in [6.07, 6.45) is 9.53. The highest BCUT2D eigenvalue weighted by Gasteiger charge is 2.41. The molecule has 2 nitrogen and oxygen atoms in total. The van der Waals surface area contributed by atoms with Crippen molar-refractivity contribution in [3.05, 3.63) is 0 Å². The van der Waals surface area contributed by atoms with E-state index in [1.54, 1.807) is 0 Å². The Kier molecular flexibility index (Phi) is 1.90. The fourth-order valence-corrected chi connectivity index (χ4v) is 2.42. The molecule has 1 heterocycles. The Morgan fingerprint density at radius 1 is 0.909 bits per heavy atom. The van der Waals surface area contributed by atoms with Crippen molar-refractivity contribution in [2.75, 3.05) is 6.54 Å². The van der Waals surface area contributed by atoms with Gasteiger partial charge in [0.1, 0.15) is 0 Å². The van der Waals surface area contributed by atoms with E-state index in [-0.39, 0.29) is 0 Å². The molecular formula is C9H18N2. The maximum absolute atomic E-state index is 6.01. The molecule has 11 heavy (non-hydrogen) atoms. The highest BCUT2D eigenvalue weighted by atomic mass is 15.4. The maximum Gasteiger partial charge on any atom is 0.0351 e. The summed E-state index contributed by atoms with van der Waals surface area (Å²) in [6, 6.07) is 0. The summed E-state index contributed by atoms with van der Waals surface area (Å²) in [6.45, 7) is 1.12. The van der Waals surface area contributed by atoms with Crippen molar-refractivity contribution in [2.24, 2.45) is 5.84 Å². The zero-order valence-electron chi connectivity index (χ0n) is 7.18. The van der Waals surface area contributed by atoms with Gasteiger partial charge in [0.25, 0.3) is 0 Å². The van der Waals surface area contributed by atoms with Crippen molar-refractivity contribution < 1.29 is 0 Å². The Bertz CT molecular complexity index is 140. The summed E-state index contributed by atoms with van der Waals surface area (Å²) in [5.41, 5.74) is 0.455. The lowest BCUT2D eigenvalue weighted by Crippen LogP contribution is -2.56. The van der Waals surface area contributed by atoms with E-state index in [2.05, 4.69) is 5.01 Å². The summed E-state index contributed by atoms with van der Waals surface area (Å²) in [5.74, 6) is 6.01. The zero-order chi connectivity index (χ0) is 7.73. The average molecular weight is 154 g/mol. The molecule has 1 aliphatic carbocycles. The third-order valence-electron chi connectivity index (χ3n) is 3.43. The van der Waals surface area contributed by atoms with Crippen LogP contribution in [-0.4, -0.2) is 17.1 Å². The van der Waals surface area contributed by atoms with E-state index in [0.29, 0.717) is 5.54 Å². The molecular weight excluding hydrogens is 136 g/mol. The molecule has 2 rings (SSSR count). The highest BCUT2D eigenvalue weighted by molar-refractivity contribution is 4.96. The lowest BCUT2D eigenvalue weighted by atomic mass is 9.73. The summed E-state index contributed by atoms with van der Waals surface area (Å²) in [7, 11) is 0. The molecule has 0 amide bonds. The van der Waals surface area contributed by atoms with Gasteiger partial charge in [-0.1, -0.05) is 12.8 Å². The second kappa shape index (κ2) is 2.76. The van der Waals surface area contributed by atoms with Crippen molar-refractivity contribution in [1.29, 1.82) is 0 Å². The van der Waals surface area contributed by atoms with E-state index < -0.39 is 0 Å². The van der Waals surface area contributed by atoms with Crippen molar-refractivity contribution in [2.45, 2.75) is 50.5 Å². The van der Waals surface area contributed by atoms with Gasteiger partial charge >= 0.3 is 0 Å². The lowest BCUT2D eigenvalue weighted by molar-refractivity contribution is 0.0157. The fraction of sp³-hybridized carbons (Fsp3) is 1.00. The molecule has 1 saturated carbocycles. The molecule has 64 valence electrons. The van der Waals surface area contributed by atoms with E-state index in [9.17, 15) is 0 Å². The minimum Gasteiger partial charge on any atom is -0.268 e. The van der Waals surface area contributed by atoms with Gasteiger partial charge in [-0.05, 0) is 32.1 Å². The summed E-state index contributed by atoms with van der Waals surface area (Å²) in [4.78, 5) is 0. The number of rotatable bonds is 0. The van der Waals surface area contributed by atoms with Crippen LogP contribution in [0.15, 0.2) is 0 Å². The third-order valence-corrected chi connectivity index (χ3v) is 3.43. The monoisotopic (exact) mass is 154 g/mol. The minimum atomic E-state index is 0.455. The van der Waals surface area contributed by atoms with Crippen LogP contribution in [0.4, 0.5) is 0 Å². The summed E-state index contributed by atoms with van der Waals surface area (Å²) >= 11 is 0. The quantitative estimate of drug-likeness (QED) is 0.538. The van der Waals surface area contributed by atoms with Crippen LogP contribution in [0.25, 0.3) is 0 Å². The normalized spacial score (nSPS) is 31.4. The molecule has 0 bridgehead atoms. The first kappa shape index (κ1) is 7.56. The second-order valence-electron chi connectivity index (χ2n) is 4.08. The van der Waals surface area contributed by atoms with E-state index >= 15 is 0 Å².